The van der Waals surface area contributed by atoms with Crippen molar-refractivity contribution >= 4 is 35.1 Å². The largest absolute Gasteiger partial charge is 0.457 e. The van der Waals surface area contributed by atoms with Crippen molar-refractivity contribution in [3.05, 3.63) is 59.4 Å². The Balaban J connectivity index is 1.87. The topological polar surface area (TPSA) is 72.5 Å². The number of ketones is 1. The van der Waals surface area contributed by atoms with Gasteiger partial charge in [-0.3, -0.25) is 14.4 Å². The number of carbonyl (C=O) groups excluding carboxylic acids is 3. The van der Waals surface area contributed by atoms with Gasteiger partial charge in [0.05, 0.1) is 11.3 Å². The van der Waals surface area contributed by atoms with E-state index < -0.39 is 24.2 Å². The molecule has 0 aromatic heterocycles. The van der Waals surface area contributed by atoms with Gasteiger partial charge >= 0.3 is 5.97 Å². The quantitative estimate of drug-likeness (QED) is 0.455. The molecule has 0 bridgehead atoms. The number of halogens is 1. The van der Waals surface area contributed by atoms with Crippen molar-refractivity contribution in [2.75, 3.05) is 17.7 Å². The minimum Gasteiger partial charge on any atom is -0.457 e. The standard InChI is InChI=1S/C19H18FNO4S/c1-12-5-3-4-6-18(12)26-11-19(24)25-10-17(23)15-8-7-14(9-16(15)20)21-13(2)22/h3-9H,10-11H2,1-2H3,(H,21,22). The predicted octanol–water partition coefficient (Wildman–Crippen LogP) is 3.61. The lowest BCUT2D eigenvalue weighted by Gasteiger charge is -2.08. The van der Waals surface area contributed by atoms with Crippen molar-refractivity contribution in [1.82, 2.24) is 0 Å². The molecular formula is C19H18FNO4S. The average molecular weight is 375 g/mol. The van der Waals surface area contributed by atoms with Crippen LogP contribution in [0.4, 0.5) is 10.1 Å². The second kappa shape index (κ2) is 9.15. The van der Waals surface area contributed by atoms with E-state index in [0.717, 1.165) is 16.5 Å². The zero-order chi connectivity index (χ0) is 19.1. The van der Waals surface area contributed by atoms with E-state index in [-0.39, 0.29) is 22.9 Å². The first-order valence-corrected chi connectivity index (χ1v) is 8.80. The third kappa shape index (κ3) is 5.70. The summed E-state index contributed by atoms with van der Waals surface area (Å²) in [6, 6.07) is 11.3. The summed E-state index contributed by atoms with van der Waals surface area (Å²) in [6.45, 7) is 2.69. The first kappa shape index (κ1) is 19.7. The highest BCUT2D eigenvalue weighted by Gasteiger charge is 2.15. The molecule has 2 aromatic rings. The molecule has 0 saturated heterocycles. The third-order valence-electron chi connectivity index (χ3n) is 3.39. The summed E-state index contributed by atoms with van der Waals surface area (Å²) in [6.07, 6.45) is 0. The molecule has 0 unspecified atom stereocenters. The van der Waals surface area contributed by atoms with Gasteiger partial charge < -0.3 is 10.1 Å². The average Bonchev–Trinajstić information content (AvgIpc) is 2.58. The molecule has 1 N–H and O–H groups in total. The van der Waals surface area contributed by atoms with Gasteiger partial charge in [0.25, 0.3) is 0 Å². The zero-order valence-corrected chi connectivity index (χ0v) is 15.2. The van der Waals surface area contributed by atoms with Gasteiger partial charge in [-0.15, -0.1) is 11.8 Å². The van der Waals surface area contributed by atoms with Crippen LogP contribution in [-0.2, 0) is 14.3 Å². The molecule has 0 heterocycles. The fourth-order valence-corrected chi connectivity index (χ4v) is 2.97. The number of anilines is 1. The summed E-state index contributed by atoms with van der Waals surface area (Å²) in [5, 5.41) is 2.42. The predicted molar refractivity (Wildman–Crippen MR) is 97.9 cm³/mol. The molecule has 0 atom stereocenters. The van der Waals surface area contributed by atoms with E-state index in [1.165, 1.54) is 30.8 Å². The van der Waals surface area contributed by atoms with Gasteiger partial charge in [0.1, 0.15) is 5.82 Å². The summed E-state index contributed by atoms with van der Waals surface area (Å²) in [4.78, 5) is 35.7. The van der Waals surface area contributed by atoms with Crippen LogP contribution in [0.1, 0.15) is 22.8 Å². The van der Waals surface area contributed by atoms with Gasteiger partial charge in [-0.05, 0) is 36.8 Å². The first-order valence-electron chi connectivity index (χ1n) is 7.81. The molecule has 0 aliphatic rings. The lowest BCUT2D eigenvalue weighted by Crippen LogP contribution is -2.17. The summed E-state index contributed by atoms with van der Waals surface area (Å²) in [7, 11) is 0. The van der Waals surface area contributed by atoms with Crippen LogP contribution in [0.2, 0.25) is 0 Å². The number of carbonyl (C=O) groups is 3. The van der Waals surface area contributed by atoms with E-state index in [0.29, 0.717) is 0 Å². The number of Topliss-reactive ketones (excluding diaryl/α,β-unsaturated/α-hetero) is 1. The molecule has 0 fully saturated rings. The van der Waals surface area contributed by atoms with Crippen molar-refractivity contribution in [1.29, 1.82) is 0 Å². The second-order valence-electron chi connectivity index (χ2n) is 5.51. The SMILES string of the molecule is CC(=O)Nc1ccc(C(=O)COC(=O)CSc2ccccc2C)c(F)c1. The molecule has 0 spiro atoms. The van der Waals surface area contributed by atoms with Crippen LogP contribution in [0.15, 0.2) is 47.4 Å². The highest BCUT2D eigenvalue weighted by Crippen LogP contribution is 2.22. The summed E-state index contributed by atoms with van der Waals surface area (Å²) in [5.74, 6) is -2.27. The van der Waals surface area contributed by atoms with Crippen LogP contribution in [0.25, 0.3) is 0 Å². The number of benzene rings is 2. The second-order valence-corrected chi connectivity index (χ2v) is 6.53. The Morgan fingerprint density at radius 2 is 1.88 bits per heavy atom. The molecular weight excluding hydrogens is 357 g/mol. The number of rotatable bonds is 7. The molecule has 2 aromatic carbocycles. The molecule has 1 amide bonds. The Morgan fingerprint density at radius 1 is 1.15 bits per heavy atom. The van der Waals surface area contributed by atoms with Gasteiger partial charge in [0, 0.05) is 17.5 Å². The van der Waals surface area contributed by atoms with Gasteiger partial charge in [0.15, 0.2) is 6.61 Å². The fraction of sp³-hybridized carbons (Fsp3) is 0.211. The Labute approximate surface area is 154 Å². The molecule has 0 radical (unpaired) electrons. The highest BCUT2D eigenvalue weighted by atomic mass is 32.2. The number of hydrogen-bond donors (Lipinski definition) is 1. The molecule has 7 heteroatoms. The lowest BCUT2D eigenvalue weighted by atomic mass is 10.1. The van der Waals surface area contributed by atoms with Gasteiger partial charge in [-0.1, -0.05) is 18.2 Å². The van der Waals surface area contributed by atoms with Crippen LogP contribution >= 0.6 is 11.8 Å². The monoisotopic (exact) mass is 375 g/mol. The molecule has 26 heavy (non-hydrogen) atoms. The number of aryl methyl sites for hydroxylation is 1. The van der Waals surface area contributed by atoms with Crippen LogP contribution in [0.5, 0.6) is 0 Å². The van der Waals surface area contributed by atoms with Crippen LogP contribution in [0.3, 0.4) is 0 Å². The Morgan fingerprint density at radius 3 is 2.54 bits per heavy atom. The van der Waals surface area contributed by atoms with E-state index in [4.69, 9.17) is 4.74 Å². The number of thioether (sulfide) groups is 1. The maximum atomic E-state index is 14.0. The Bertz CT molecular complexity index is 838. The van der Waals surface area contributed by atoms with E-state index in [1.807, 2.05) is 31.2 Å². The van der Waals surface area contributed by atoms with Gasteiger partial charge in [-0.2, -0.15) is 0 Å². The number of esters is 1. The smallest absolute Gasteiger partial charge is 0.316 e. The number of amides is 1. The van der Waals surface area contributed by atoms with Crippen molar-refractivity contribution in [2.24, 2.45) is 0 Å². The van der Waals surface area contributed by atoms with Gasteiger partial charge in [-0.25, -0.2) is 4.39 Å². The normalized spacial score (nSPS) is 10.3. The summed E-state index contributed by atoms with van der Waals surface area (Å²) in [5.41, 5.74) is 1.10. The molecule has 0 saturated carbocycles. The molecule has 136 valence electrons. The maximum Gasteiger partial charge on any atom is 0.316 e. The van der Waals surface area contributed by atoms with Crippen molar-refractivity contribution in [2.45, 2.75) is 18.7 Å². The van der Waals surface area contributed by atoms with E-state index in [1.54, 1.807) is 0 Å². The van der Waals surface area contributed by atoms with E-state index >= 15 is 0 Å². The zero-order valence-electron chi connectivity index (χ0n) is 14.4. The van der Waals surface area contributed by atoms with E-state index in [2.05, 4.69) is 5.32 Å². The lowest BCUT2D eigenvalue weighted by molar-refractivity contribution is -0.139. The molecule has 5 nitrogen and oxygen atoms in total. The van der Waals surface area contributed by atoms with E-state index in [9.17, 15) is 18.8 Å². The molecule has 2 rings (SSSR count). The van der Waals surface area contributed by atoms with Crippen LogP contribution in [-0.4, -0.2) is 30.0 Å². The third-order valence-corrected chi connectivity index (χ3v) is 4.54. The Kier molecular flexibility index (Phi) is 6.91. The minimum atomic E-state index is -0.786. The fourth-order valence-electron chi connectivity index (χ4n) is 2.14. The molecule has 0 aliphatic carbocycles. The van der Waals surface area contributed by atoms with Crippen LogP contribution < -0.4 is 5.32 Å². The van der Waals surface area contributed by atoms with Crippen molar-refractivity contribution < 1.29 is 23.5 Å². The highest BCUT2D eigenvalue weighted by molar-refractivity contribution is 8.00. The number of hydrogen-bond acceptors (Lipinski definition) is 5. The first-order chi connectivity index (χ1) is 12.4. The van der Waals surface area contributed by atoms with Crippen molar-refractivity contribution in [3.63, 3.8) is 0 Å². The van der Waals surface area contributed by atoms with Crippen LogP contribution in [0, 0.1) is 12.7 Å². The summed E-state index contributed by atoms with van der Waals surface area (Å²) < 4.78 is 18.9. The van der Waals surface area contributed by atoms with Gasteiger partial charge in [0.2, 0.25) is 11.7 Å². The summed E-state index contributed by atoms with van der Waals surface area (Å²) >= 11 is 1.31. The number of nitrogens with one attached hydrogen (secondary N) is 1. The number of ether oxygens (including phenoxy) is 1. The minimum absolute atomic E-state index is 0.0576. The Hall–Kier alpha value is -2.67. The maximum absolute atomic E-state index is 14.0. The molecule has 0 aliphatic heterocycles. The van der Waals surface area contributed by atoms with Crippen molar-refractivity contribution in [3.8, 4) is 0 Å².